The lowest BCUT2D eigenvalue weighted by molar-refractivity contribution is -0.383. The number of nitrogens with one attached hydrogen (secondary N) is 1. The summed E-state index contributed by atoms with van der Waals surface area (Å²) in [6.07, 6.45) is 1.57. The number of furan rings is 1. The van der Waals surface area contributed by atoms with Gasteiger partial charge >= 0.3 is 0 Å². The van der Waals surface area contributed by atoms with Crippen molar-refractivity contribution in [1.29, 1.82) is 0 Å². The molecule has 0 aliphatic carbocycles. The molecular formula is C14H15N3O4. The number of hydrogen-bond donors (Lipinski definition) is 1. The van der Waals surface area contributed by atoms with Crippen molar-refractivity contribution < 1.29 is 14.1 Å². The lowest BCUT2D eigenvalue weighted by Gasteiger charge is -2.14. The van der Waals surface area contributed by atoms with E-state index in [1.165, 1.54) is 12.1 Å². The van der Waals surface area contributed by atoms with Gasteiger partial charge in [0.05, 0.1) is 24.3 Å². The predicted molar refractivity (Wildman–Crippen MR) is 76.8 cm³/mol. The number of amides is 1. The molecule has 0 spiro atoms. The lowest BCUT2D eigenvalue weighted by Crippen LogP contribution is -2.29. The van der Waals surface area contributed by atoms with Gasteiger partial charge in [-0.2, -0.15) is 0 Å². The van der Waals surface area contributed by atoms with Crippen molar-refractivity contribution in [3.8, 4) is 0 Å². The van der Waals surface area contributed by atoms with Crippen molar-refractivity contribution in [2.24, 2.45) is 0 Å². The highest BCUT2D eigenvalue weighted by atomic mass is 16.6. The number of carbonyl (C=O) groups is 1. The molecule has 2 rings (SSSR count). The summed E-state index contributed by atoms with van der Waals surface area (Å²) in [6.45, 7) is 0.587. The molecular weight excluding hydrogens is 274 g/mol. The number of hydrogen-bond acceptors (Lipinski definition) is 5. The third-order valence-electron chi connectivity index (χ3n) is 2.79. The molecule has 1 aromatic carbocycles. The standard InChI is InChI=1S/C14H15N3O4/c1-16(9-11-5-4-8-21-11)10-14(18)15-12-6-2-3-7-13(12)17(19)20/h2-8H,9-10H2,1H3,(H,15,18). The van der Waals surface area contributed by atoms with Crippen LogP contribution in [0.15, 0.2) is 47.1 Å². The van der Waals surface area contributed by atoms with E-state index in [4.69, 9.17) is 4.42 Å². The summed E-state index contributed by atoms with van der Waals surface area (Å²) in [7, 11) is 1.77. The van der Waals surface area contributed by atoms with Gasteiger partial charge in [-0.1, -0.05) is 12.1 Å². The van der Waals surface area contributed by atoms with Crippen LogP contribution in [0, 0.1) is 10.1 Å². The van der Waals surface area contributed by atoms with Crippen LogP contribution in [-0.2, 0) is 11.3 Å². The molecule has 0 bridgehead atoms. The van der Waals surface area contributed by atoms with E-state index in [1.807, 2.05) is 6.07 Å². The number of anilines is 1. The second-order valence-electron chi connectivity index (χ2n) is 4.57. The molecule has 0 radical (unpaired) electrons. The van der Waals surface area contributed by atoms with Gasteiger partial charge in [0.25, 0.3) is 5.69 Å². The maximum atomic E-state index is 11.9. The Hall–Kier alpha value is -2.67. The minimum absolute atomic E-state index is 0.104. The van der Waals surface area contributed by atoms with Crippen LogP contribution < -0.4 is 5.32 Å². The maximum absolute atomic E-state index is 11.9. The Bertz CT molecular complexity index is 625. The molecule has 1 aromatic heterocycles. The molecule has 7 heteroatoms. The van der Waals surface area contributed by atoms with Gasteiger partial charge in [0.1, 0.15) is 11.4 Å². The van der Waals surface area contributed by atoms with Crippen LogP contribution >= 0.6 is 0 Å². The van der Waals surface area contributed by atoms with Crippen LogP contribution in [0.1, 0.15) is 5.76 Å². The van der Waals surface area contributed by atoms with Crippen LogP contribution in [0.4, 0.5) is 11.4 Å². The molecule has 0 unspecified atom stereocenters. The van der Waals surface area contributed by atoms with Crippen molar-refractivity contribution in [2.45, 2.75) is 6.54 Å². The van der Waals surface area contributed by atoms with Crippen molar-refractivity contribution in [2.75, 3.05) is 18.9 Å². The molecule has 1 heterocycles. The SMILES string of the molecule is CN(CC(=O)Nc1ccccc1[N+](=O)[O-])Cc1ccco1. The van der Waals surface area contributed by atoms with E-state index in [1.54, 1.807) is 36.4 Å². The van der Waals surface area contributed by atoms with Gasteiger partial charge in [-0.3, -0.25) is 19.8 Å². The molecule has 7 nitrogen and oxygen atoms in total. The zero-order valence-corrected chi connectivity index (χ0v) is 11.5. The fourth-order valence-electron chi connectivity index (χ4n) is 1.90. The number of rotatable bonds is 6. The van der Waals surface area contributed by atoms with Gasteiger partial charge in [0, 0.05) is 6.07 Å². The second kappa shape index (κ2) is 6.67. The van der Waals surface area contributed by atoms with E-state index in [0.29, 0.717) is 6.54 Å². The summed E-state index contributed by atoms with van der Waals surface area (Å²) >= 11 is 0. The fourth-order valence-corrected chi connectivity index (χ4v) is 1.90. The Labute approximate surface area is 121 Å². The average Bonchev–Trinajstić information content (AvgIpc) is 2.91. The van der Waals surface area contributed by atoms with Crippen molar-refractivity contribution in [3.05, 3.63) is 58.5 Å². The van der Waals surface area contributed by atoms with Crippen LogP contribution in [0.2, 0.25) is 0 Å². The zero-order valence-electron chi connectivity index (χ0n) is 11.5. The summed E-state index contributed by atoms with van der Waals surface area (Å²) in [5, 5.41) is 13.4. The minimum atomic E-state index is -0.526. The molecule has 0 aliphatic rings. The molecule has 110 valence electrons. The maximum Gasteiger partial charge on any atom is 0.292 e. The van der Waals surface area contributed by atoms with Crippen molar-refractivity contribution >= 4 is 17.3 Å². The number of nitro benzene ring substituents is 1. The number of benzene rings is 1. The Balaban J connectivity index is 1.94. The predicted octanol–water partition coefficient (Wildman–Crippen LogP) is 2.26. The first-order valence-electron chi connectivity index (χ1n) is 6.30. The first kappa shape index (κ1) is 14.7. The first-order chi connectivity index (χ1) is 10.1. The van der Waals surface area contributed by atoms with Crippen LogP contribution in [0.25, 0.3) is 0 Å². The summed E-state index contributed by atoms with van der Waals surface area (Å²) < 4.78 is 5.19. The Morgan fingerprint density at radius 2 is 2.10 bits per heavy atom. The highest BCUT2D eigenvalue weighted by Gasteiger charge is 2.15. The summed E-state index contributed by atoms with van der Waals surface area (Å²) in [5.41, 5.74) is 0.0680. The number of likely N-dealkylation sites (N-methyl/N-ethyl adjacent to an activating group) is 1. The Morgan fingerprint density at radius 3 is 2.76 bits per heavy atom. The largest absolute Gasteiger partial charge is 0.468 e. The third-order valence-corrected chi connectivity index (χ3v) is 2.79. The lowest BCUT2D eigenvalue weighted by atomic mass is 10.2. The van der Waals surface area contributed by atoms with E-state index in [2.05, 4.69) is 5.32 Å². The average molecular weight is 289 g/mol. The van der Waals surface area contributed by atoms with E-state index >= 15 is 0 Å². The number of nitrogens with zero attached hydrogens (tertiary/aromatic N) is 2. The molecule has 1 amide bonds. The monoisotopic (exact) mass is 289 g/mol. The highest BCUT2D eigenvalue weighted by molar-refractivity contribution is 5.94. The Kier molecular flexibility index (Phi) is 4.68. The minimum Gasteiger partial charge on any atom is -0.468 e. The normalized spacial score (nSPS) is 10.6. The van der Waals surface area contributed by atoms with E-state index < -0.39 is 4.92 Å². The summed E-state index contributed by atoms with van der Waals surface area (Å²) in [6, 6.07) is 9.63. The zero-order chi connectivity index (χ0) is 15.2. The number of carbonyl (C=O) groups excluding carboxylic acids is 1. The smallest absolute Gasteiger partial charge is 0.292 e. The molecule has 0 fully saturated rings. The molecule has 1 N–H and O–H groups in total. The van der Waals surface area contributed by atoms with Gasteiger partial charge in [-0.15, -0.1) is 0 Å². The highest BCUT2D eigenvalue weighted by Crippen LogP contribution is 2.22. The molecule has 2 aromatic rings. The van der Waals surface area contributed by atoms with Crippen LogP contribution in [0.3, 0.4) is 0 Å². The Morgan fingerprint density at radius 1 is 1.33 bits per heavy atom. The fraction of sp³-hybridized carbons (Fsp3) is 0.214. The van der Waals surface area contributed by atoms with Crippen molar-refractivity contribution in [3.63, 3.8) is 0 Å². The van der Waals surface area contributed by atoms with E-state index in [-0.39, 0.29) is 23.8 Å². The molecule has 0 aliphatic heterocycles. The quantitative estimate of drug-likeness (QED) is 0.651. The van der Waals surface area contributed by atoms with Gasteiger partial charge in [0.2, 0.25) is 5.91 Å². The van der Waals surface area contributed by atoms with Gasteiger partial charge < -0.3 is 9.73 Å². The molecule has 21 heavy (non-hydrogen) atoms. The van der Waals surface area contributed by atoms with Crippen molar-refractivity contribution in [1.82, 2.24) is 4.90 Å². The summed E-state index contributed by atoms with van der Waals surface area (Å²) in [5.74, 6) is 0.425. The second-order valence-corrected chi connectivity index (χ2v) is 4.57. The number of para-hydroxylation sites is 2. The third kappa shape index (κ3) is 4.15. The molecule has 0 saturated carbocycles. The summed E-state index contributed by atoms with van der Waals surface area (Å²) in [4.78, 5) is 24.0. The topological polar surface area (TPSA) is 88.6 Å². The molecule has 0 saturated heterocycles. The van der Waals surface area contributed by atoms with Gasteiger partial charge in [-0.05, 0) is 25.2 Å². The first-order valence-corrected chi connectivity index (χ1v) is 6.30. The van der Waals surface area contributed by atoms with Crippen LogP contribution in [-0.4, -0.2) is 29.3 Å². The molecule has 0 atom stereocenters. The van der Waals surface area contributed by atoms with E-state index in [0.717, 1.165) is 5.76 Å². The number of nitro groups is 1. The van der Waals surface area contributed by atoms with Gasteiger partial charge in [0.15, 0.2) is 0 Å². The van der Waals surface area contributed by atoms with E-state index in [9.17, 15) is 14.9 Å². The van der Waals surface area contributed by atoms with Gasteiger partial charge in [-0.25, -0.2) is 0 Å². The van der Waals surface area contributed by atoms with Crippen LogP contribution in [0.5, 0.6) is 0 Å².